The second-order valence-corrected chi connectivity index (χ2v) is 20.3. The van der Waals surface area contributed by atoms with Gasteiger partial charge in [0.1, 0.15) is 17.6 Å². The average molecular weight is 925 g/mol. The van der Waals surface area contributed by atoms with Crippen LogP contribution in [-0.4, -0.2) is 126 Å². The second kappa shape index (κ2) is 19.4. The number of hydrogen-bond donors (Lipinski definition) is 1. The van der Waals surface area contributed by atoms with Gasteiger partial charge in [0.25, 0.3) is 11.8 Å². The van der Waals surface area contributed by atoms with Gasteiger partial charge in [0, 0.05) is 94.5 Å². The van der Waals surface area contributed by atoms with Crippen molar-refractivity contribution in [1.29, 1.82) is 0 Å². The van der Waals surface area contributed by atoms with Crippen LogP contribution in [0.3, 0.4) is 0 Å². The Morgan fingerprint density at radius 1 is 0.877 bits per heavy atom. The number of carbonyl (C=O) groups is 5. The number of fused-ring (bicyclic) bond motifs is 1. The number of piperidine rings is 2. The van der Waals surface area contributed by atoms with E-state index in [0.29, 0.717) is 72.5 Å². The van der Waals surface area contributed by atoms with E-state index in [9.17, 15) is 32.4 Å². The molecule has 65 heavy (non-hydrogen) atoms. The van der Waals surface area contributed by atoms with E-state index in [1.807, 2.05) is 17.0 Å². The molecule has 1 unspecified atom stereocenters. The number of hydrogen-bond acceptors (Lipinski definition) is 12. The maximum absolute atomic E-state index is 13.5. The molecule has 0 saturated carbocycles. The van der Waals surface area contributed by atoms with Crippen LogP contribution in [0.25, 0.3) is 0 Å². The number of nitrogens with zero attached hydrogens (tertiary/aromatic N) is 6. The van der Waals surface area contributed by atoms with E-state index in [0.717, 1.165) is 60.9 Å². The highest BCUT2D eigenvalue weighted by atomic mass is 35.5. The summed E-state index contributed by atoms with van der Waals surface area (Å²) in [7, 11) is -1.85. The van der Waals surface area contributed by atoms with E-state index < -0.39 is 44.8 Å². The van der Waals surface area contributed by atoms with Crippen LogP contribution < -0.4 is 15.0 Å². The van der Waals surface area contributed by atoms with Gasteiger partial charge in [0.2, 0.25) is 17.7 Å². The van der Waals surface area contributed by atoms with Gasteiger partial charge in [-0.1, -0.05) is 48.0 Å². The first kappa shape index (κ1) is 45.8. The standard InChI is InChI=1S/C48H54ClN7O8S/c1-30(2)65(62,63)41-12-5-4-8-33(41)26-38-37(49)29-50-42(51-38)27-32-14-15-35(28-40(32)64-3)53-20-18-34(19-21-53)54-22-24-55(25-23-54)44(58)13-7-10-31-9-6-11-36-45(31)48(61)56(47(36)60)39-16-17-43(57)52-46(39)59/h4-6,8-9,11-12,14-15,28-30,34,39H,7,10,13,16-27H2,1-3H3,(H,52,57,59). The molecule has 0 radical (unpaired) electrons. The van der Waals surface area contributed by atoms with Crippen molar-refractivity contribution >= 4 is 56.7 Å². The van der Waals surface area contributed by atoms with Gasteiger partial charge in [-0.2, -0.15) is 0 Å². The van der Waals surface area contributed by atoms with Gasteiger partial charge in [0.05, 0.1) is 39.1 Å². The summed E-state index contributed by atoms with van der Waals surface area (Å²) in [6.45, 7) is 8.01. The fourth-order valence-corrected chi connectivity index (χ4v) is 10.9. The lowest BCUT2D eigenvalue weighted by atomic mass is 9.98. The molecule has 4 aromatic rings. The van der Waals surface area contributed by atoms with Gasteiger partial charge in [-0.25, -0.2) is 18.4 Å². The molecule has 17 heteroatoms. The fourth-order valence-electron chi connectivity index (χ4n) is 9.47. The molecule has 342 valence electrons. The third-order valence-corrected chi connectivity index (χ3v) is 15.7. The van der Waals surface area contributed by atoms with Crippen molar-refractivity contribution in [2.45, 2.75) is 93.9 Å². The topological polar surface area (TPSA) is 179 Å². The van der Waals surface area contributed by atoms with Crippen molar-refractivity contribution in [3.05, 3.63) is 111 Å². The van der Waals surface area contributed by atoms with Gasteiger partial charge in [-0.3, -0.25) is 39.1 Å². The molecule has 4 aliphatic rings. The summed E-state index contributed by atoms with van der Waals surface area (Å²) in [6.07, 6.45) is 5.63. The molecule has 5 heterocycles. The summed E-state index contributed by atoms with van der Waals surface area (Å²) in [4.78, 5) is 81.5. The van der Waals surface area contributed by atoms with Gasteiger partial charge in [0.15, 0.2) is 9.84 Å². The van der Waals surface area contributed by atoms with Crippen LogP contribution >= 0.6 is 11.6 Å². The lowest BCUT2D eigenvalue weighted by Crippen LogP contribution is -2.54. The van der Waals surface area contributed by atoms with Crippen molar-refractivity contribution in [1.82, 2.24) is 30.0 Å². The zero-order chi connectivity index (χ0) is 46.0. The van der Waals surface area contributed by atoms with Crippen LogP contribution in [0, 0.1) is 0 Å². The highest BCUT2D eigenvalue weighted by molar-refractivity contribution is 7.92. The predicted octanol–water partition coefficient (Wildman–Crippen LogP) is 5.04. The number of sulfone groups is 1. The minimum absolute atomic E-state index is 0.0583. The first-order valence-corrected chi connectivity index (χ1v) is 24.2. The summed E-state index contributed by atoms with van der Waals surface area (Å²) < 4.78 is 32.0. The smallest absolute Gasteiger partial charge is 0.262 e. The quantitative estimate of drug-likeness (QED) is 0.167. The van der Waals surface area contributed by atoms with E-state index in [1.54, 1.807) is 63.6 Å². The third-order valence-electron chi connectivity index (χ3n) is 13.1. The number of imide groups is 2. The van der Waals surface area contributed by atoms with E-state index >= 15 is 0 Å². The van der Waals surface area contributed by atoms with Crippen molar-refractivity contribution in [3.8, 4) is 5.75 Å². The number of methoxy groups -OCH3 is 1. The van der Waals surface area contributed by atoms with Gasteiger partial charge >= 0.3 is 0 Å². The molecular formula is C48H54ClN7O8S. The maximum atomic E-state index is 13.5. The molecule has 1 atom stereocenters. The Bertz CT molecular complexity index is 2630. The molecular weight excluding hydrogens is 870 g/mol. The second-order valence-electron chi connectivity index (χ2n) is 17.4. The van der Waals surface area contributed by atoms with E-state index in [1.165, 1.54) is 0 Å². The molecule has 8 rings (SSSR count). The minimum Gasteiger partial charge on any atom is -0.496 e. The summed E-state index contributed by atoms with van der Waals surface area (Å²) in [5.74, 6) is -0.776. The van der Waals surface area contributed by atoms with Crippen LogP contribution in [0.15, 0.2) is 71.8 Å². The van der Waals surface area contributed by atoms with Gasteiger partial charge < -0.3 is 14.5 Å². The Labute approximate surface area is 384 Å². The van der Waals surface area contributed by atoms with Crippen LogP contribution in [0.2, 0.25) is 5.02 Å². The molecule has 1 aromatic heterocycles. The first-order chi connectivity index (χ1) is 31.2. The van der Waals surface area contributed by atoms with Crippen molar-refractivity contribution < 1.29 is 37.1 Å². The Morgan fingerprint density at radius 3 is 2.34 bits per heavy atom. The molecule has 0 aliphatic carbocycles. The van der Waals surface area contributed by atoms with E-state index in [4.69, 9.17) is 21.3 Å². The fraction of sp³-hybridized carbons (Fsp3) is 0.438. The van der Waals surface area contributed by atoms with E-state index in [-0.39, 0.29) is 41.2 Å². The number of halogens is 1. The van der Waals surface area contributed by atoms with Crippen LogP contribution in [0.4, 0.5) is 5.69 Å². The molecule has 15 nitrogen and oxygen atoms in total. The maximum Gasteiger partial charge on any atom is 0.262 e. The molecule has 0 spiro atoms. The molecule has 0 bridgehead atoms. The Morgan fingerprint density at radius 2 is 1.62 bits per heavy atom. The van der Waals surface area contributed by atoms with Crippen LogP contribution in [0.5, 0.6) is 5.75 Å². The zero-order valence-corrected chi connectivity index (χ0v) is 38.5. The monoisotopic (exact) mass is 923 g/mol. The van der Waals surface area contributed by atoms with Crippen LogP contribution in [-0.2, 0) is 43.5 Å². The number of benzene rings is 3. The number of anilines is 1. The SMILES string of the molecule is COc1cc(N2CCC(N3CCN(C(=O)CCCc4cccc5c4C(=O)N(C4CCC(=O)NC4=O)C5=O)CC3)CC2)ccc1Cc1ncc(Cl)c(Cc2ccccc2S(=O)(=O)C(C)C)n1. The van der Waals surface area contributed by atoms with Crippen molar-refractivity contribution in [2.24, 2.45) is 0 Å². The summed E-state index contributed by atoms with van der Waals surface area (Å²) in [5, 5.41) is 2.04. The highest BCUT2D eigenvalue weighted by Crippen LogP contribution is 2.33. The number of ether oxygens (including phenoxy) is 1. The third kappa shape index (κ3) is 9.66. The number of aryl methyl sites for hydroxylation is 1. The van der Waals surface area contributed by atoms with Crippen molar-refractivity contribution in [3.63, 3.8) is 0 Å². The zero-order valence-electron chi connectivity index (χ0n) is 36.9. The predicted molar refractivity (Wildman–Crippen MR) is 244 cm³/mol. The molecule has 1 N–H and O–H groups in total. The summed E-state index contributed by atoms with van der Waals surface area (Å²) in [6, 6.07) is 17.7. The number of amides is 5. The highest BCUT2D eigenvalue weighted by Gasteiger charge is 2.45. The Kier molecular flexibility index (Phi) is 13.7. The van der Waals surface area contributed by atoms with Crippen LogP contribution in [0.1, 0.15) is 101 Å². The molecule has 5 amide bonds. The number of piperazine rings is 1. The normalized spacial score (nSPS) is 18.7. The van der Waals surface area contributed by atoms with E-state index in [2.05, 4.69) is 32.2 Å². The minimum atomic E-state index is -3.50. The average Bonchev–Trinajstić information content (AvgIpc) is 3.56. The van der Waals surface area contributed by atoms with Crippen molar-refractivity contribution in [2.75, 3.05) is 51.3 Å². The number of rotatable bonds is 14. The van der Waals surface area contributed by atoms with Gasteiger partial charge in [-0.05, 0) is 75.3 Å². The summed E-state index contributed by atoms with van der Waals surface area (Å²) >= 11 is 6.55. The Balaban J connectivity index is 0.806. The molecule has 4 aliphatic heterocycles. The molecule has 3 fully saturated rings. The number of nitrogens with one attached hydrogen (secondary N) is 1. The van der Waals surface area contributed by atoms with Gasteiger partial charge in [-0.15, -0.1) is 0 Å². The summed E-state index contributed by atoms with van der Waals surface area (Å²) in [5.41, 5.74) is 4.39. The molecule has 3 aromatic carbocycles. The number of aromatic nitrogens is 2. The largest absolute Gasteiger partial charge is 0.496 e. The molecule has 3 saturated heterocycles. The Hall–Kier alpha value is -5.71. The number of carbonyl (C=O) groups excluding carboxylic acids is 5. The first-order valence-electron chi connectivity index (χ1n) is 22.3. The lowest BCUT2D eigenvalue weighted by molar-refractivity contribution is -0.136. The lowest BCUT2D eigenvalue weighted by Gasteiger charge is -2.43.